The zero-order valence-electron chi connectivity index (χ0n) is 10.9. The molecule has 0 aliphatic carbocycles. The third-order valence-corrected chi connectivity index (χ3v) is 2.95. The topological polar surface area (TPSA) is 41.5 Å². The van der Waals surface area contributed by atoms with Crippen LogP contribution in [0.2, 0.25) is 0 Å². The molecule has 2 N–H and O–H groups in total. The van der Waals surface area contributed by atoms with E-state index in [2.05, 4.69) is 24.4 Å². The van der Waals surface area contributed by atoms with Gasteiger partial charge in [0.1, 0.15) is 12.4 Å². The molecule has 0 saturated heterocycles. The lowest BCUT2D eigenvalue weighted by molar-refractivity contribution is 0.104. The predicted molar refractivity (Wildman–Crippen MR) is 70.3 cm³/mol. The van der Waals surface area contributed by atoms with Gasteiger partial charge in [-0.05, 0) is 37.6 Å². The zero-order chi connectivity index (χ0) is 12.7. The monoisotopic (exact) mass is 237 g/mol. The molecule has 2 atom stereocenters. The molecule has 0 amide bonds. The molecular weight excluding hydrogens is 214 g/mol. The Morgan fingerprint density at radius 3 is 2.29 bits per heavy atom. The van der Waals surface area contributed by atoms with Gasteiger partial charge in [-0.15, -0.1) is 0 Å². The van der Waals surface area contributed by atoms with Gasteiger partial charge in [-0.25, -0.2) is 0 Å². The van der Waals surface area contributed by atoms with Gasteiger partial charge in [0.2, 0.25) is 0 Å². The van der Waals surface area contributed by atoms with E-state index in [9.17, 15) is 5.11 Å². The van der Waals surface area contributed by atoms with Crippen molar-refractivity contribution in [1.82, 2.24) is 5.32 Å². The molecule has 0 aliphatic rings. The molecule has 1 rings (SSSR count). The van der Waals surface area contributed by atoms with Crippen molar-refractivity contribution in [2.45, 2.75) is 38.8 Å². The van der Waals surface area contributed by atoms with E-state index in [0.717, 1.165) is 18.6 Å². The highest BCUT2D eigenvalue weighted by Crippen LogP contribution is 2.19. The average Bonchev–Trinajstić information content (AvgIpc) is 2.38. The summed E-state index contributed by atoms with van der Waals surface area (Å²) >= 11 is 0. The van der Waals surface area contributed by atoms with Gasteiger partial charge in [0.15, 0.2) is 0 Å². The molecule has 0 spiro atoms. The summed E-state index contributed by atoms with van der Waals surface area (Å²) in [6.07, 6.45) is 1.40. The Kier molecular flexibility index (Phi) is 6.01. The maximum absolute atomic E-state index is 9.40. The lowest BCUT2D eigenvalue weighted by Crippen LogP contribution is -2.16. The summed E-state index contributed by atoms with van der Waals surface area (Å²) in [6.45, 7) is 4.46. The van der Waals surface area contributed by atoms with E-state index in [-0.39, 0.29) is 6.10 Å². The second kappa shape index (κ2) is 7.30. The van der Waals surface area contributed by atoms with Crippen LogP contribution in [0.5, 0.6) is 5.75 Å². The molecule has 0 saturated carbocycles. The predicted octanol–water partition coefficient (Wildman–Crippen LogP) is 2.51. The smallest absolute Gasteiger partial charge is 0.119 e. The molecule has 1 aromatic carbocycles. The molecule has 3 nitrogen and oxygen atoms in total. The van der Waals surface area contributed by atoms with E-state index in [1.807, 2.05) is 26.1 Å². The van der Waals surface area contributed by atoms with Gasteiger partial charge < -0.3 is 15.2 Å². The minimum Gasteiger partial charge on any atom is -0.491 e. The number of hydrogen-bond acceptors (Lipinski definition) is 3. The summed E-state index contributed by atoms with van der Waals surface area (Å²) in [4.78, 5) is 0. The summed E-state index contributed by atoms with van der Waals surface area (Å²) in [5.74, 6) is 0.812. The largest absolute Gasteiger partial charge is 0.491 e. The summed E-state index contributed by atoms with van der Waals surface area (Å²) in [5.41, 5.74) is 1.26. The van der Waals surface area contributed by atoms with Gasteiger partial charge in [-0.2, -0.15) is 0 Å². The van der Waals surface area contributed by atoms with Gasteiger partial charge in [0.25, 0.3) is 0 Å². The molecule has 17 heavy (non-hydrogen) atoms. The highest BCUT2D eigenvalue weighted by Gasteiger charge is 2.06. The van der Waals surface area contributed by atoms with Crippen molar-refractivity contribution < 1.29 is 9.84 Å². The van der Waals surface area contributed by atoms with Crippen LogP contribution in [0.4, 0.5) is 0 Å². The van der Waals surface area contributed by atoms with Crippen LogP contribution in [0.1, 0.15) is 38.3 Å². The quantitative estimate of drug-likeness (QED) is 0.765. The van der Waals surface area contributed by atoms with Gasteiger partial charge in [0, 0.05) is 6.04 Å². The molecule has 1 aromatic rings. The van der Waals surface area contributed by atoms with Crippen molar-refractivity contribution in [2.24, 2.45) is 0 Å². The van der Waals surface area contributed by atoms with Crippen LogP contribution in [0, 0.1) is 0 Å². The van der Waals surface area contributed by atoms with Crippen LogP contribution >= 0.6 is 0 Å². The van der Waals surface area contributed by atoms with E-state index in [4.69, 9.17) is 4.74 Å². The first kappa shape index (κ1) is 14.0. The fraction of sp³-hybridized carbons (Fsp3) is 0.571. The molecule has 0 radical (unpaired) electrons. The molecule has 3 heteroatoms. The number of hydrogen-bond donors (Lipinski definition) is 2. The third kappa shape index (κ3) is 4.36. The Bertz CT molecular complexity index is 307. The molecule has 2 unspecified atom stereocenters. The number of rotatable bonds is 7. The Balaban J connectivity index is 2.55. The first-order valence-electron chi connectivity index (χ1n) is 6.29. The number of ether oxygens (including phenoxy) is 1. The zero-order valence-corrected chi connectivity index (χ0v) is 10.9. The maximum Gasteiger partial charge on any atom is 0.119 e. The van der Waals surface area contributed by atoms with Crippen molar-refractivity contribution in [3.8, 4) is 5.75 Å². The molecular formula is C14H23NO2. The minimum absolute atomic E-state index is 0.360. The SMILES string of the molecule is CCC(O)COc1ccc(C(CC)NC)cc1. The Morgan fingerprint density at radius 2 is 1.82 bits per heavy atom. The van der Waals surface area contributed by atoms with Crippen LogP contribution in [0.15, 0.2) is 24.3 Å². The second-order valence-electron chi connectivity index (χ2n) is 4.19. The molecule has 96 valence electrons. The summed E-state index contributed by atoms with van der Waals surface area (Å²) in [5, 5.41) is 12.7. The van der Waals surface area contributed by atoms with Gasteiger partial charge in [0.05, 0.1) is 6.10 Å². The molecule has 0 aromatic heterocycles. The molecule has 0 bridgehead atoms. The summed E-state index contributed by atoms with van der Waals surface area (Å²) in [6, 6.07) is 8.44. The lowest BCUT2D eigenvalue weighted by atomic mass is 10.0. The Hall–Kier alpha value is -1.06. The number of benzene rings is 1. The summed E-state index contributed by atoms with van der Waals surface area (Å²) in [7, 11) is 1.97. The average molecular weight is 237 g/mol. The van der Waals surface area contributed by atoms with E-state index < -0.39 is 0 Å². The molecule has 0 aliphatic heterocycles. The first-order chi connectivity index (χ1) is 8.21. The van der Waals surface area contributed by atoms with E-state index in [1.54, 1.807) is 0 Å². The first-order valence-corrected chi connectivity index (χ1v) is 6.29. The maximum atomic E-state index is 9.40. The summed E-state index contributed by atoms with van der Waals surface area (Å²) < 4.78 is 5.49. The van der Waals surface area contributed by atoms with Crippen molar-refractivity contribution in [1.29, 1.82) is 0 Å². The number of aliphatic hydroxyl groups excluding tert-OH is 1. The second-order valence-corrected chi connectivity index (χ2v) is 4.19. The van der Waals surface area contributed by atoms with E-state index in [0.29, 0.717) is 12.6 Å². The highest BCUT2D eigenvalue weighted by molar-refractivity contribution is 5.29. The van der Waals surface area contributed by atoms with Crippen molar-refractivity contribution in [2.75, 3.05) is 13.7 Å². The fourth-order valence-corrected chi connectivity index (χ4v) is 1.71. The third-order valence-electron chi connectivity index (χ3n) is 2.95. The van der Waals surface area contributed by atoms with Crippen molar-refractivity contribution in [3.63, 3.8) is 0 Å². The Morgan fingerprint density at radius 1 is 1.18 bits per heavy atom. The van der Waals surface area contributed by atoms with Crippen LogP contribution in [-0.2, 0) is 0 Å². The van der Waals surface area contributed by atoms with Crippen LogP contribution in [0.25, 0.3) is 0 Å². The molecule has 0 fully saturated rings. The minimum atomic E-state index is -0.379. The standard InChI is InChI=1S/C14H23NO2/c1-4-12(16)10-17-13-8-6-11(7-9-13)14(5-2)15-3/h6-9,12,14-16H,4-5,10H2,1-3H3. The van der Waals surface area contributed by atoms with Crippen LogP contribution in [-0.4, -0.2) is 24.9 Å². The van der Waals surface area contributed by atoms with Crippen LogP contribution < -0.4 is 10.1 Å². The van der Waals surface area contributed by atoms with Gasteiger partial charge in [-0.3, -0.25) is 0 Å². The Labute approximate surface area is 104 Å². The van der Waals surface area contributed by atoms with Crippen molar-refractivity contribution in [3.05, 3.63) is 29.8 Å². The van der Waals surface area contributed by atoms with Crippen molar-refractivity contribution >= 4 is 0 Å². The fourth-order valence-electron chi connectivity index (χ4n) is 1.71. The van der Waals surface area contributed by atoms with E-state index >= 15 is 0 Å². The number of nitrogens with one attached hydrogen (secondary N) is 1. The van der Waals surface area contributed by atoms with Gasteiger partial charge in [-0.1, -0.05) is 26.0 Å². The molecule has 0 heterocycles. The lowest BCUT2D eigenvalue weighted by Gasteiger charge is -2.15. The van der Waals surface area contributed by atoms with Crippen LogP contribution in [0.3, 0.4) is 0 Å². The number of aliphatic hydroxyl groups is 1. The normalized spacial score (nSPS) is 14.4. The highest BCUT2D eigenvalue weighted by atomic mass is 16.5. The van der Waals surface area contributed by atoms with E-state index in [1.165, 1.54) is 5.56 Å². The van der Waals surface area contributed by atoms with Gasteiger partial charge >= 0.3 is 0 Å².